The third-order valence-electron chi connectivity index (χ3n) is 2.17. The van der Waals surface area contributed by atoms with E-state index in [4.69, 9.17) is 17.3 Å². The number of aryl methyl sites for hydroxylation is 1. The first-order valence-electron chi connectivity index (χ1n) is 4.93. The van der Waals surface area contributed by atoms with Crippen molar-refractivity contribution in [1.82, 2.24) is 4.72 Å². The van der Waals surface area contributed by atoms with Gasteiger partial charge in [-0.1, -0.05) is 23.8 Å². The molecular weight excluding hydrogens is 260 g/mol. The van der Waals surface area contributed by atoms with Crippen LogP contribution >= 0.6 is 11.6 Å². The summed E-state index contributed by atoms with van der Waals surface area (Å²) >= 11 is 5.90. The molecule has 0 amide bonds. The van der Waals surface area contributed by atoms with Gasteiger partial charge in [0.2, 0.25) is 10.0 Å². The predicted molar refractivity (Wildman–Crippen MR) is 70.6 cm³/mol. The number of benzene rings is 1. The molecule has 0 aliphatic rings. The van der Waals surface area contributed by atoms with Crippen molar-refractivity contribution in [2.75, 3.05) is 12.3 Å². The van der Waals surface area contributed by atoms with E-state index >= 15 is 0 Å². The van der Waals surface area contributed by atoms with Gasteiger partial charge < -0.3 is 5.73 Å². The average Bonchev–Trinajstić information content (AvgIpc) is 2.20. The Morgan fingerprint density at radius 2 is 2.12 bits per heavy atom. The molecule has 0 fully saturated rings. The molecule has 0 radical (unpaired) electrons. The molecule has 1 aromatic carbocycles. The van der Waals surface area contributed by atoms with Crippen molar-refractivity contribution in [2.24, 2.45) is 0 Å². The summed E-state index contributed by atoms with van der Waals surface area (Å²) in [5.74, 6) is 0. The highest BCUT2D eigenvalue weighted by molar-refractivity contribution is 7.89. The molecular formula is C11H15ClN2O2S. The van der Waals surface area contributed by atoms with Gasteiger partial charge in [-0.25, -0.2) is 13.1 Å². The van der Waals surface area contributed by atoms with Crippen LogP contribution in [0.5, 0.6) is 0 Å². The SMILES string of the molecule is C=C(C)CNS(=O)(=O)c1cc(N)c(C)cc1Cl. The molecule has 0 atom stereocenters. The Labute approximate surface area is 107 Å². The van der Waals surface area contributed by atoms with Crippen LogP contribution in [0.15, 0.2) is 29.2 Å². The Balaban J connectivity index is 3.15. The highest BCUT2D eigenvalue weighted by Crippen LogP contribution is 2.26. The number of hydrogen-bond acceptors (Lipinski definition) is 3. The topological polar surface area (TPSA) is 72.2 Å². The van der Waals surface area contributed by atoms with Crippen LogP contribution in [0, 0.1) is 6.92 Å². The van der Waals surface area contributed by atoms with Crippen LogP contribution in [0.1, 0.15) is 12.5 Å². The van der Waals surface area contributed by atoms with Crippen molar-refractivity contribution in [1.29, 1.82) is 0 Å². The van der Waals surface area contributed by atoms with E-state index in [1.807, 2.05) is 0 Å². The van der Waals surface area contributed by atoms with Crippen LogP contribution < -0.4 is 10.5 Å². The average molecular weight is 275 g/mol. The lowest BCUT2D eigenvalue weighted by Gasteiger charge is -2.10. The number of nitrogens with two attached hydrogens (primary N) is 1. The summed E-state index contributed by atoms with van der Waals surface area (Å²) in [6.45, 7) is 7.29. The fourth-order valence-corrected chi connectivity index (χ4v) is 2.88. The van der Waals surface area contributed by atoms with Crippen molar-refractivity contribution in [3.63, 3.8) is 0 Å². The summed E-state index contributed by atoms with van der Waals surface area (Å²) in [7, 11) is -3.65. The van der Waals surface area contributed by atoms with Gasteiger partial charge in [0, 0.05) is 12.2 Å². The molecule has 1 aromatic rings. The van der Waals surface area contributed by atoms with E-state index in [0.717, 1.165) is 5.56 Å². The molecule has 6 heteroatoms. The van der Waals surface area contributed by atoms with Gasteiger partial charge in [0.1, 0.15) is 4.90 Å². The van der Waals surface area contributed by atoms with Crippen molar-refractivity contribution in [3.05, 3.63) is 34.9 Å². The molecule has 94 valence electrons. The Bertz CT molecular complexity index is 553. The molecule has 4 nitrogen and oxygen atoms in total. The minimum atomic E-state index is -3.65. The first-order valence-corrected chi connectivity index (χ1v) is 6.80. The van der Waals surface area contributed by atoms with Gasteiger partial charge in [-0.2, -0.15) is 0 Å². The number of nitrogen functional groups attached to an aromatic ring is 1. The summed E-state index contributed by atoms with van der Waals surface area (Å²) in [6, 6.07) is 2.89. The van der Waals surface area contributed by atoms with Gasteiger partial charge >= 0.3 is 0 Å². The van der Waals surface area contributed by atoms with E-state index in [1.165, 1.54) is 12.1 Å². The molecule has 0 heterocycles. The second-order valence-electron chi connectivity index (χ2n) is 3.92. The maximum atomic E-state index is 11.9. The van der Waals surface area contributed by atoms with Crippen molar-refractivity contribution in [2.45, 2.75) is 18.7 Å². The summed E-state index contributed by atoms with van der Waals surface area (Å²) in [4.78, 5) is -0.0106. The monoisotopic (exact) mass is 274 g/mol. The first kappa shape index (κ1) is 14.0. The fraction of sp³-hybridized carbons (Fsp3) is 0.273. The second kappa shape index (κ2) is 5.08. The molecule has 3 N–H and O–H groups in total. The van der Waals surface area contributed by atoms with Gasteiger partial charge in [-0.05, 0) is 31.5 Å². The van der Waals surface area contributed by atoms with E-state index in [1.54, 1.807) is 13.8 Å². The molecule has 0 aliphatic carbocycles. The maximum Gasteiger partial charge on any atom is 0.242 e. The molecule has 1 rings (SSSR count). The molecule has 0 bridgehead atoms. The summed E-state index contributed by atoms with van der Waals surface area (Å²) in [5.41, 5.74) is 7.52. The fourth-order valence-electron chi connectivity index (χ4n) is 1.17. The van der Waals surface area contributed by atoms with Crippen LogP contribution in [0.4, 0.5) is 5.69 Å². The van der Waals surface area contributed by atoms with Crippen LogP contribution in [0.2, 0.25) is 5.02 Å². The molecule has 17 heavy (non-hydrogen) atoms. The van der Waals surface area contributed by atoms with Crippen molar-refractivity contribution < 1.29 is 8.42 Å². The third kappa shape index (κ3) is 3.46. The lowest BCUT2D eigenvalue weighted by atomic mass is 10.2. The van der Waals surface area contributed by atoms with Crippen molar-refractivity contribution in [3.8, 4) is 0 Å². The maximum absolute atomic E-state index is 11.9. The van der Waals surface area contributed by atoms with E-state index in [-0.39, 0.29) is 16.5 Å². The van der Waals surface area contributed by atoms with Crippen LogP contribution in [0.25, 0.3) is 0 Å². The largest absolute Gasteiger partial charge is 0.398 e. The number of nitrogens with one attached hydrogen (secondary N) is 1. The van der Waals surface area contributed by atoms with E-state index in [9.17, 15) is 8.42 Å². The molecule has 0 saturated heterocycles. The quantitative estimate of drug-likeness (QED) is 0.652. The summed E-state index contributed by atoms with van der Waals surface area (Å²) < 4.78 is 26.3. The van der Waals surface area contributed by atoms with E-state index < -0.39 is 10.0 Å². The second-order valence-corrected chi connectivity index (χ2v) is 6.06. The summed E-state index contributed by atoms with van der Waals surface area (Å²) in [5, 5.41) is 0.158. The van der Waals surface area contributed by atoms with Gasteiger partial charge in [0.25, 0.3) is 0 Å². The normalized spacial score (nSPS) is 11.5. The zero-order valence-corrected chi connectivity index (χ0v) is 11.3. The standard InChI is InChI=1S/C11H15ClN2O2S/c1-7(2)6-14-17(15,16)11-5-10(13)8(3)4-9(11)12/h4-5,14H,1,6,13H2,2-3H3. The number of hydrogen-bond donors (Lipinski definition) is 2. The van der Waals surface area contributed by atoms with E-state index in [2.05, 4.69) is 11.3 Å². The molecule has 0 aromatic heterocycles. The molecule has 0 saturated carbocycles. The zero-order chi connectivity index (χ0) is 13.2. The highest BCUT2D eigenvalue weighted by Gasteiger charge is 2.18. The van der Waals surface area contributed by atoms with Crippen LogP contribution in [-0.4, -0.2) is 15.0 Å². The lowest BCUT2D eigenvalue weighted by molar-refractivity contribution is 0.585. The van der Waals surface area contributed by atoms with Crippen molar-refractivity contribution >= 4 is 27.3 Å². The Kier molecular flexibility index (Phi) is 4.19. The number of anilines is 1. The molecule has 0 spiro atoms. The minimum Gasteiger partial charge on any atom is -0.398 e. The van der Waals surface area contributed by atoms with Gasteiger partial charge in [0.05, 0.1) is 5.02 Å². The first-order chi connectivity index (χ1) is 7.74. The Morgan fingerprint density at radius 1 is 1.53 bits per heavy atom. The van der Waals surface area contributed by atoms with Crippen LogP contribution in [-0.2, 0) is 10.0 Å². The predicted octanol–water partition coefficient (Wildman–Crippen LogP) is 2.09. The number of halogens is 1. The Morgan fingerprint density at radius 3 is 2.65 bits per heavy atom. The van der Waals surface area contributed by atoms with Gasteiger partial charge in [-0.15, -0.1) is 0 Å². The van der Waals surface area contributed by atoms with Gasteiger partial charge in [-0.3, -0.25) is 0 Å². The molecule has 0 unspecified atom stereocenters. The summed E-state index contributed by atoms with van der Waals surface area (Å²) in [6.07, 6.45) is 0. The van der Waals surface area contributed by atoms with Crippen LogP contribution in [0.3, 0.4) is 0 Å². The smallest absolute Gasteiger partial charge is 0.242 e. The lowest BCUT2D eigenvalue weighted by Crippen LogP contribution is -2.25. The third-order valence-corrected chi connectivity index (χ3v) is 4.04. The molecule has 0 aliphatic heterocycles. The number of sulfonamides is 1. The van der Waals surface area contributed by atoms with E-state index in [0.29, 0.717) is 11.3 Å². The Hall–Kier alpha value is -1.04. The zero-order valence-electron chi connectivity index (χ0n) is 9.75. The minimum absolute atomic E-state index is 0.0106. The highest BCUT2D eigenvalue weighted by atomic mass is 35.5. The number of rotatable bonds is 4. The van der Waals surface area contributed by atoms with Gasteiger partial charge in [0.15, 0.2) is 0 Å².